The number of nitro groups is 2. The quantitative estimate of drug-likeness (QED) is 0.487. The molecule has 1 fully saturated rings. The highest BCUT2D eigenvalue weighted by Gasteiger charge is 2.35. The molecule has 1 amide bonds. The average molecular weight is 338 g/mol. The van der Waals surface area contributed by atoms with Crippen molar-refractivity contribution >= 4 is 23.0 Å². The van der Waals surface area contributed by atoms with Gasteiger partial charge in [0.05, 0.1) is 15.4 Å². The zero-order chi connectivity index (χ0) is 18.0. The molecule has 130 valence electrons. The van der Waals surface area contributed by atoms with Crippen molar-refractivity contribution in [2.24, 2.45) is 11.8 Å². The van der Waals surface area contributed by atoms with Gasteiger partial charge in [0, 0.05) is 25.2 Å². The van der Waals surface area contributed by atoms with E-state index in [9.17, 15) is 25.0 Å². The molecule has 0 aliphatic carbocycles. The summed E-state index contributed by atoms with van der Waals surface area (Å²) in [5.41, 5.74) is -0.168. The van der Waals surface area contributed by atoms with E-state index in [0.717, 1.165) is 18.6 Å². The second kappa shape index (κ2) is 6.79. The number of rotatable bonds is 4. The fraction of sp³-hybridized carbons (Fsp3) is 0.500. The number of amides is 1. The minimum absolute atomic E-state index is 0.0992. The van der Waals surface area contributed by atoms with Gasteiger partial charge in [-0.25, -0.2) is 5.48 Å². The standard InChI is InChI=1S/C14H18N4O6/c1-8-3-9(2)7-16(6-8)13-11(17(21)22)4-10(14(19)15-20)5-12(13)18(23)24/h4-5,8-9,20H,3,6-7H2,1-2H3,(H,15,19). The first kappa shape index (κ1) is 17.6. The third-order valence-electron chi connectivity index (χ3n) is 4.01. The Balaban J connectivity index is 2.65. The lowest BCUT2D eigenvalue weighted by Crippen LogP contribution is -2.39. The highest BCUT2D eigenvalue weighted by atomic mass is 16.6. The summed E-state index contributed by atoms with van der Waals surface area (Å²) < 4.78 is 0. The average Bonchev–Trinajstić information content (AvgIpc) is 2.51. The van der Waals surface area contributed by atoms with Gasteiger partial charge in [-0.15, -0.1) is 0 Å². The maximum Gasteiger partial charge on any atom is 0.300 e. The topological polar surface area (TPSA) is 139 Å². The summed E-state index contributed by atoms with van der Waals surface area (Å²) in [6, 6.07) is 1.88. The molecule has 2 unspecified atom stereocenters. The molecule has 1 heterocycles. The largest absolute Gasteiger partial charge is 0.360 e. The lowest BCUT2D eigenvalue weighted by Gasteiger charge is -2.35. The van der Waals surface area contributed by atoms with Crippen LogP contribution in [-0.4, -0.2) is 34.1 Å². The van der Waals surface area contributed by atoms with E-state index in [4.69, 9.17) is 5.21 Å². The normalized spacial score (nSPS) is 20.5. The van der Waals surface area contributed by atoms with Crippen LogP contribution in [0.25, 0.3) is 0 Å². The second-order valence-corrected chi connectivity index (χ2v) is 6.17. The number of hydroxylamine groups is 1. The predicted octanol–water partition coefficient (Wildman–Crippen LogP) is 2.10. The first-order chi connectivity index (χ1) is 11.2. The fourth-order valence-corrected chi connectivity index (χ4v) is 3.25. The Hall–Kier alpha value is -2.75. The minimum atomic E-state index is -1.05. The molecule has 1 aromatic carbocycles. The molecule has 0 aromatic heterocycles. The van der Waals surface area contributed by atoms with Gasteiger partial charge < -0.3 is 4.90 Å². The van der Waals surface area contributed by atoms with Crippen molar-refractivity contribution in [1.29, 1.82) is 0 Å². The van der Waals surface area contributed by atoms with Gasteiger partial charge >= 0.3 is 0 Å². The molecule has 1 saturated heterocycles. The number of nitrogens with one attached hydrogen (secondary N) is 1. The number of piperidine rings is 1. The first-order valence-electron chi connectivity index (χ1n) is 7.40. The molecule has 10 nitrogen and oxygen atoms in total. The van der Waals surface area contributed by atoms with Crippen LogP contribution in [0.2, 0.25) is 0 Å². The Morgan fingerprint density at radius 2 is 1.62 bits per heavy atom. The van der Waals surface area contributed by atoms with Crippen molar-refractivity contribution < 1.29 is 19.8 Å². The molecule has 10 heteroatoms. The zero-order valence-electron chi connectivity index (χ0n) is 13.3. The van der Waals surface area contributed by atoms with Crippen LogP contribution >= 0.6 is 0 Å². The molecule has 2 atom stereocenters. The lowest BCUT2D eigenvalue weighted by atomic mass is 9.91. The molecular weight excluding hydrogens is 320 g/mol. The van der Waals surface area contributed by atoms with Crippen LogP contribution in [0.5, 0.6) is 0 Å². The van der Waals surface area contributed by atoms with Gasteiger partial charge in [-0.05, 0) is 18.3 Å². The number of hydrogen-bond acceptors (Lipinski definition) is 7. The van der Waals surface area contributed by atoms with Gasteiger partial charge in [0.15, 0.2) is 5.69 Å². The SMILES string of the molecule is CC1CC(C)CN(c2c([N+](=O)[O-])cc(C(=O)NO)cc2[N+](=O)[O-])C1. The molecule has 2 N–H and O–H groups in total. The van der Waals surface area contributed by atoms with Gasteiger partial charge in [-0.3, -0.25) is 30.2 Å². The van der Waals surface area contributed by atoms with Crippen LogP contribution in [0.4, 0.5) is 17.1 Å². The van der Waals surface area contributed by atoms with Crippen LogP contribution in [0, 0.1) is 32.1 Å². The summed E-state index contributed by atoms with van der Waals surface area (Å²) >= 11 is 0. The third-order valence-corrected chi connectivity index (χ3v) is 4.01. The number of hydrogen-bond donors (Lipinski definition) is 2. The Bertz CT molecular complexity index is 647. The van der Waals surface area contributed by atoms with Crippen molar-refractivity contribution in [2.75, 3.05) is 18.0 Å². The van der Waals surface area contributed by atoms with Crippen LogP contribution in [0.3, 0.4) is 0 Å². The molecule has 0 spiro atoms. The molecule has 0 radical (unpaired) electrons. The molecule has 1 aromatic rings. The highest BCUT2D eigenvalue weighted by Crippen LogP contribution is 2.41. The summed E-state index contributed by atoms with van der Waals surface area (Å²) in [5.74, 6) is -0.588. The Morgan fingerprint density at radius 1 is 1.17 bits per heavy atom. The molecule has 0 saturated carbocycles. The predicted molar refractivity (Wildman–Crippen MR) is 84.2 cm³/mol. The van der Waals surface area contributed by atoms with Crippen molar-refractivity contribution in [3.63, 3.8) is 0 Å². The molecule has 24 heavy (non-hydrogen) atoms. The molecular formula is C14H18N4O6. The molecule has 0 bridgehead atoms. The number of carbonyl (C=O) groups excluding carboxylic acids is 1. The summed E-state index contributed by atoms with van der Waals surface area (Å²) in [6.07, 6.45) is 0.934. The summed E-state index contributed by atoms with van der Waals surface area (Å²) in [5, 5.41) is 31.5. The van der Waals surface area contributed by atoms with E-state index in [1.54, 1.807) is 4.90 Å². The molecule has 2 rings (SSSR count). The maximum absolute atomic E-state index is 11.5. The van der Waals surface area contributed by atoms with E-state index in [-0.39, 0.29) is 23.1 Å². The van der Waals surface area contributed by atoms with E-state index in [1.165, 1.54) is 5.48 Å². The van der Waals surface area contributed by atoms with Crippen LogP contribution < -0.4 is 10.4 Å². The van der Waals surface area contributed by atoms with Gasteiger partial charge in [-0.1, -0.05) is 13.8 Å². The highest BCUT2D eigenvalue weighted by molar-refractivity contribution is 5.97. The monoisotopic (exact) mass is 338 g/mol. The third kappa shape index (κ3) is 3.43. The van der Waals surface area contributed by atoms with Gasteiger partial charge in [0.2, 0.25) is 0 Å². The van der Waals surface area contributed by atoms with E-state index in [1.807, 2.05) is 13.8 Å². The summed E-state index contributed by atoms with van der Waals surface area (Å²) in [7, 11) is 0. The number of nitro benzene ring substituents is 2. The number of anilines is 1. The fourth-order valence-electron chi connectivity index (χ4n) is 3.25. The van der Waals surface area contributed by atoms with Crippen molar-refractivity contribution in [3.05, 3.63) is 37.9 Å². The van der Waals surface area contributed by atoms with Gasteiger partial charge in [0.1, 0.15) is 0 Å². The maximum atomic E-state index is 11.5. The van der Waals surface area contributed by atoms with Crippen molar-refractivity contribution in [3.8, 4) is 0 Å². The first-order valence-corrected chi connectivity index (χ1v) is 7.40. The Kier molecular flexibility index (Phi) is 4.98. The van der Waals surface area contributed by atoms with E-state index in [2.05, 4.69) is 0 Å². The van der Waals surface area contributed by atoms with Crippen LogP contribution in [0.15, 0.2) is 12.1 Å². The Labute approximate surface area is 137 Å². The summed E-state index contributed by atoms with van der Waals surface area (Å²) in [6.45, 7) is 4.87. The Morgan fingerprint density at radius 3 is 2.00 bits per heavy atom. The smallest absolute Gasteiger partial charge is 0.300 e. The number of benzene rings is 1. The number of carbonyl (C=O) groups is 1. The lowest BCUT2D eigenvalue weighted by molar-refractivity contribution is -0.392. The van der Waals surface area contributed by atoms with Crippen LogP contribution in [0.1, 0.15) is 30.6 Å². The van der Waals surface area contributed by atoms with Crippen molar-refractivity contribution in [1.82, 2.24) is 5.48 Å². The van der Waals surface area contributed by atoms with Crippen LogP contribution in [-0.2, 0) is 0 Å². The van der Waals surface area contributed by atoms with Gasteiger partial charge in [-0.2, -0.15) is 0 Å². The minimum Gasteiger partial charge on any atom is -0.360 e. The van der Waals surface area contributed by atoms with E-state index < -0.39 is 27.1 Å². The van der Waals surface area contributed by atoms with Gasteiger partial charge in [0.25, 0.3) is 17.3 Å². The molecule has 1 aliphatic rings. The molecule has 1 aliphatic heterocycles. The zero-order valence-corrected chi connectivity index (χ0v) is 13.3. The van der Waals surface area contributed by atoms with E-state index >= 15 is 0 Å². The summed E-state index contributed by atoms with van der Waals surface area (Å²) in [4.78, 5) is 34.5. The van der Waals surface area contributed by atoms with Crippen molar-refractivity contribution in [2.45, 2.75) is 20.3 Å². The number of nitrogens with zero attached hydrogens (tertiary/aromatic N) is 3. The second-order valence-electron chi connectivity index (χ2n) is 6.17. The van der Waals surface area contributed by atoms with E-state index in [0.29, 0.717) is 13.1 Å².